The predicted molar refractivity (Wildman–Crippen MR) is 141 cm³/mol. The molecule has 2 aliphatic rings. The molecule has 5 rings (SSSR count). The van der Waals surface area contributed by atoms with E-state index in [2.05, 4.69) is 75.7 Å². The van der Waals surface area contributed by atoms with Crippen molar-refractivity contribution >= 4 is 16.9 Å². The second-order valence-electron chi connectivity index (χ2n) is 9.75. The molecule has 2 atom stereocenters. The van der Waals surface area contributed by atoms with Crippen molar-refractivity contribution in [1.29, 1.82) is 0 Å². The van der Waals surface area contributed by atoms with E-state index in [1.807, 2.05) is 19.2 Å². The first kappa shape index (κ1) is 23.5. The molecular weight excluding hydrogens is 438 g/mol. The van der Waals surface area contributed by atoms with Gasteiger partial charge in [-0.05, 0) is 71.2 Å². The lowest BCUT2D eigenvalue weighted by atomic mass is 9.82. The summed E-state index contributed by atoms with van der Waals surface area (Å²) in [7, 11) is 7.74. The minimum atomic E-state index is -0.395. The van der Waals surface area contributed by atoms with Crippen LogP contribution in [0.25, 0.3) is 22.2 Å². The van der Waals surface area contributed by atoms with Crippen molar-refractivity contribution in [3.8, 4) is 11.3 Å². The fraction of sp³-hybridized carbons (Fsp3) is 0.407. The van der Waals surface area contributed by atoms with E-state index >= 15 is 0 Å². The van der Waals surface area contributed by atoms with Gasteiger partial charge in [-0.3, -0.25) is 0 Å². The number of para-hydroxylation sites is 1. The van der Waals surface area contributed by atoms with Crippen LogP contribution < -0.4 is 16.4 Å². The molecule has 8 heteroatoms. The molecule has 0 aliphatic heterocycles. The maximum absolute atomic E-state index is 6.65. The lowest BCUT2D eigenvalue weighted by molar-refractivity contribution is 0.260. The smallest absolute Gasteiger partial charge is 0.227 e. The molecule has 0 radical (unpaired) electrons. The molecule has 2 unspecified atom stereocenters. The number of nitrogens with two attached hydrogens (primary N) is 1. The Labute approximate surface area is 206 Å². The van der Waals surface area contributed by atoms with Crippen LogP contribution in [0.3, 0.4) is 0 Å². The van der Waals surface area contributed by atoms with Gasteiger partial charge in [-0.1, -0.05) is 18.2 Å². The Morgan fingerprint density at radius 3 is 2.74 bits per heavy atom. The summed E-state index contributed by atoms with van der Waals surface area (Å²) in [4.78, 5) is 11.5. The zero-order chi connectivity index (χ0) is 24.6. The highest BCUT2D eigenvalue weighted by atomic mass is 16.5. The van der Waals surface area contributed by atoms with Crippen molar-refractivity contribution in [1.82, 2.24) is 24.8 Å². The highest BCUT2D eigenvalue weighted by molar-refractivity contribution is 5.95. The Hall–Kier alpha value is -3.20. The van der Waals surface area contributed by atoms with Gasteiger partial charge in [-0.25, -0.2) is 9.97 Å². The minimum absolute atomic E-state index is 0.242. The molecule has 1 saturated carbocycles. The molecule has 0 saturated heterocycles. The highest BCUT2D eigenvalue weighted by Gasteiger charge is 2.37. The summed E-state index contributed by atoms with van der Waals surface area (Å²) in [5, 5.41) is 7.99. The van der Waals surface area contributed by atoms with Crippen LogP contribution in [0.2, 0.25) is 0 Å². The number of benzene rings is 1. The number of aromatic nitrogens is 3. The van der Waals surface area contributed by atoms with Gasteiger partial charge in [-0.2, -0.15) is 0 Å². The number of hydrogen-bond donors (Lipinski definition) is 3. The summed E-state index contributed by atoms with van der Waals surface area (Å²) in [6, 6.07) is 10.8. The van der Waals surface area contributed by atoms with E-state index in [9.17, 15) is 0 Å². The van der Waals surface area contributed by atoms with Gasteiger partial charge in [0.2, 0.25) is 5.95 Å². The molecular formula is C27H35N7O. The van der Waals surface area contributed by atoms with Crippen LogP contribution in [0.15, 0.2) is 66.3 Å². The molecule has 4 N–H and O–H groups in total. The molecule has 2 aromatic heterocycles. The molecule has 184 valence electrons. The highest BCUT2D eigenvalue weighted by Crippen LogP contribution is 2.41. The summed E-state index contributed by atoms with van der Waals surface area (Å²) in [6.07, 6.45) is 11.4. The van der Waals surface area contributed by atoms with Gasteiger partial charge in [0, 0.05) is 40.9 Å². The Bertz CT molecular complexity index is 1270. The van der Waals surface area contributed by atoms with Gasteiger partial charge in [-0.15, -0.1) is 0 Å². The second kappa shape index (κ2) is 9.45. The van der Waals surface area contributed by atoms with Crippen LogP contribution in [0.1, 0.15) is 25.3 Å². The third-order valence-electron chi connectivity index (χ3n) is 7.11. The lowest BCUT2D eigenvalue weighted by Crippen LogP contribution is -2.57. The molecule has 2 aliphatic carbocycles. The maximum Gasteiger partial charge on any atom is 0.227 e. The SMILES string of the molecule is CNC1(CCN(C)C)C=C(OC)C(Nc2nccc(-c3cn(C4CC4)c4ccccc34)n2)=CC1N. The van der Waals surface area contributed by atoms with Gasteiger partial charge in [0.1, 0.15) is 5.76 Å². The molecule has 3 aromatic rings. The molecule has 35 heavy (non-hydrogen) atoms. The first-order chi connectivity index (χ1) is 16.9. The third kappa shape index (κ3) is 4.57. The summed E-state index contributed by atoms with van der Waals surface area (Å²) >= 11 is 0. The number of fused-ring (bicyclic) bond motifs is 1. The van der Waals surface area contributed by atoms with Crippen LogP contribution in [0.5, 0.6) is 0 Å². The first-order valence-corrected chi connectivity index (χ1v) is 12.2. The predicted octanol–water partition coefficient (Wildman–Crippen LogP) is 3.51. The Morgan fingerprint density at radius 2 is 2.03 bits per heavy atom. The number of hydrogen-bond acceptors (Lipinski definition) is 7. The number of rotatable bonds is 9. The van der Waals surface area contributed by atoms with E-state index in [0.29, 0.717) is 12.0 Å². The van der Waals surface area contributed by atoms with Crippen LogP contribution >= 0.6 is 0 Å². The van der Waals surface area contributed by atoms with Gasteiger partial charge in [0.05, 0.1) is 24.0 Å². The molecule has 1 aromatic carbocycles. The molecule has 0 spiro atoms. The Balaban J connectivity index is 1.44. The number of methoxy groups -OCH3 is 1. The summed E-state index contributed by atoms with van der Waals surface area (Å²) in [5.74, 6) is 1.23. The number of nitrogens with one attached hydrogen (secondary N) is 2. The second-order valence-corrected chi connectivity index (χ2v) is 9.75. The number of anilines is 1. The van der Waals surface area contributed by atoms with E-state index in [1.54, 1.807) is 13.3 Å². The zero-order valence-corrected chi connectivity index (χ0v) is 21.0. The van der Waals surface area contributed by atoms with Gasteiger partial charge < -0.3 is 30.6 Å². The summed E-state index contributed by atoms with van der Waals surface area (Å²) < 4.78 is 8.15. The number of nitrogens with zero attached hydrogens (tertiary/aromatic N) is 4. The summed E-state index contributed by atoms with van der Waals surface area (Å²) in [6.45, 7) is 0.901. The first-order valence-electron chi connectivity index (χ1n) is 12.2. The average Bonchev–Trinajstić information content (AvgIpc) is 3.64. The topological polar surface area (TPSA) is 93.3 Å². The zero-order valence-electron chi connectivity index (χ0n) is 21.0. The van der Waals surface area contributed by atoms with Crippen molar-refractivity contribution in [3.05, 3.63) is 66.3 Å². The van der Waals surface area contributed by atoms with E-state index < -0.39 is 5.54 Å². The molecule has 8 nitrogen and oxygen atoms in total. The van der Waals surface area contributed by atoms with Crippen molar-refractivity contribution < 1.29 is 4.74 Å². The average molecular weight is 474 g/mol. The van der Waals surface area contributed by atoms with E-state index in [-0.39, 0.29) is 6.04 Å². The third-order valence-corrected chi connectivity index (χ3v) is 7.11. The fourth-order valence-electron chi connectivity index (χ4n) is 4.85. The number of ether oxygens (including phenoxy) is 1. The molecule has 1 fully saturated rings. The van der Waals surface area contributed by atoms with Crippen LogP contribution in [0.4, 0.5) is 5.95 Å². The van der Waals surface area contributed by atoms with Crippen molar-refractivity contribution in [2.75, 3.05) is 40.1 Å². The number of likely N-dealkylation sites (N-methyl/N-ethyl adjacent to an activating group) is 1. The largest absolute Gasteiger partial charge is 0.495 e. The summed E-state index contributed by atoms with van der Waals surface area (Å²) in [5.41, 5.74) is 10.3. The monoisotopic (exact) mass is 473 g/mol. The maximum atomic E-state index is 6.65. The normalized spacial score (nSPS) is 22.3. The van der Waals surface area contributed by atoms with E-state index in [4.69, 9.17) is 15.5 Å². The molecule has 0 amide bonds. The van der Waals surface area contributed by atoms with Crippen LogP contribution in [-0.2, 0) is 4.74 Å². The molecule has 2 heterocycles. The van der Waals surface area contributed by atoms with Gasteiger partial charge in [0.15, 0.2) is 0 Å². The van der Waals surface area contributed by atoms with Gasteiger partial charge >= 0.3 is 0 Å². The van der Waals surface area contributed by atoms with E-state index in [0.717, 1.165) is 35.7 Å². The Kier molecular flexibility index (Phi) is 6.35. The molecule has 0 bridgehead atoms. The van der Waals surface area contributed by atoms with Crippen LogP contribution in [-0.4, -0.2) is 65.8 Å². The van der Waals surface area contributed by atoms with Crippen molar-refractivity contribution in [2.45, 2.75) is 36.9 Å². The van der Waals surface area contributed by atoms with Crippen molar-refractivity contribution in [2.24, 2.45) is 5.73 Å². The minimum Gasteiger partial charge on any atom is -0.495 e. The lowest BCUT2D eigenvalue weighted by Gasteiger charge is -2.39. The van der Waals surface area contributed by atoms with Crippen LogP contribution in [0, 0.1) is 0 Å². The quantitative estimate of drug-likeness (QED) is 0.438. The van der Waals surface area contributed by atoms with Gasteiger partial charge in [0.25, 0.3) is 0 Å². The standard InChI is InChI=1S/C27H35N7O/c1-29-27(12-14-33(2)3)16-24(35-4)22(15-25(27)28)32-26-30-13-11-21(31-26)20-17-34(18-9-10-18)23-8-6-5-7-19(20)23/h5-8,11,13,15-18,25,29H,9-10,12,14,28H2,1-4H3,(H,30,31,32). The fourth-order valence-corrected chi connectivity index (χ4v) is 4.85. The van der Waals surface area contributed by atoms with E-state index in [1.165, 1.54) is 23.7 Å². The Morgan fingerprint density at radius 1 is 1.23 bits per heavy atom. The van der Waals surface area contributed by atoms with Crippen molar-refractivity contribution in [3.63, 3.8) is 0 Å².